The van der Waals surface area contributed by atoms with Gasteiger partial charge in [0.05, 0.1) is 5.88 Å². The van der Waals surface area contributed by atoms with Crippen LogP contribution in [0.5, 0.6) is 0 Å². The second-order valence-electron chi connectivity index (χ2n) is 5.28. The van der Waals surface area contributed by atoms with E-state index in [-0.39, 0.29) is 5.91 Å². The van der Waals surface area contributed by atoms with Crippen LogP contribution in [0.2, 0.25) is 0 Å². The summed E-state index contributed by atoms with van der Waals surface area (Å²) in [5.41, 5.74) is 0. The number of nitrogens with zero attached hydrogens (tertiary/aromatic N) is 2. The Kier molecular flexibility index (Phi) is 4.27. The Labute approximate surface area is 121 Å². The smallest absolute Gasteiger partial charge is 0.263 e. The number of carbonyl (C=O) groups is 2. The molecule has 1 heterocycles. The van der Waals surface area contributed by atoms with Gasteiger partial charge in [-0.05, 0) is 13.8 Å². The molecule has 0 aromatic heterocycles. The summed E-state index contributed by atoms with van der Waals surface area (Å²) >= 11 is 1.44. The van der Waals surface area contributed by atoms with E-state index in [1.807, 2.05) is 13.8 Å². The average Bonchev–Trinajstić information content (AvgIpc) is 2.81. The van der Waals surface area contributed by atoms with Crippen LogP contribution in [0.4, 0.5) is 8.78 Å². The standard InChI is InChI=1S/C13H20F2N2O2S/c1-4-16(5-2)11(18)9-6-20-7-17(9)12(19)10-8(3)13(10,14)15/h8-10H,4-7H2,1-3H3/t8-,9-,10+/m0/s1. The molecule has 0 N–H and O–H groups in total. The van der Waals surface area contributed by atoms with Gasteiger partial charge < -0.3 is 9.80 Å². The van der Waals surface area contributed by atoms with E-state index < -0.39 is 29.7 Å². The minimum Gasteiger partial charge on any atom is -0.341 e. The molecule has 4 nitrogen and oxygen atoms in total. The van der Waals surface area contributed by atoms with Gasteiger partial charge in [-0.3, -0.25) is 9.59 Å². The summed E-state index contributed by atoms with van der Waals surface area (Å²) in [6, 6.07) is -0.587. The predicted molar refractivity (Wildman–Crippen MR) is 73.5 cm³/mol. The molecular formula is C13H20F2N2O2S. The highest BCUT2D eigenvalue weighted by molar-refractivity contribution is 7.99. The number of thioether (sulfide) groups is 1. The molecule has 7 heteroatoms. The SMILES string of the molecule is CCN(CC)C(=O)[C@@H]1CSCN1C(=O)[C@H]1[C@H](C)C1(F)F. The van der Waals surface area contributed by atoms with E-state index in [0.717, 1.165) is 0 Å². The first-order valence-electron chi connectivity index (χ1n) is 6.91. The monoisotopic (exact) mass is 306 g/mol. The van der Waals surface area contributed by atoms with Gasteiger partial charge >= 0.3 is 0 Å². The highest BCUT2D eigenvalue weighted by atomic mass is 32.2. The van der Waals surface area contributed by atoms with E-state index in [2.05, 4.69) is 0 Å². The van der Waals surface area contributed by atoms with Gasteiger partial charge in [-0.2, -0.15) is 0 Å². The Hall–Kier alpha value is -0.850. The normalized spacial score (nSPS) is 31.2. The van der Waals surface area contributed by atoms with Crippen molar-refractivity contribution in [2.24, 2.45) is 11.8 Å². The van der Waals surface area contributed by atoms with Gasteiger partial charge in [0.15, 0.2) is 0 Å². The van der Waals surface area contributed by atoms with Crippen LogP contribution >= 0.6 is 11.8 Å². The third-order valence-electron chi connectivity index (χ3n) is 4.20. The molecule has 0 aromatic carbocycles. The van der Waals surface area contributed by atoms with Gasteiger partial charge in [-0.25, -0.2) is 8.78 Å². The first kappa shape index (κ1) is 15.5. The van der Waals surface area contributed by atoms with Gasteiger partial charge in [0.1, 0.15) is 12.0 Å². The van der Waals surface area contributed by atoms with Crippen LogP contribution in [-0.4, -0.2) is 58.3 Å². The molecular weight excluding hydrogens is 286 g/mol. The lowest BCUT2D eigenvalue weighted by atomic mass is 10.2. The zero-order chi connectivity index (χ0) is 15.1. The van der Waals surface area contributed by atoms with Crippen molar-refractivity contribution in [3.8, 4) is 0 Å². The van der Waals surface area contributed by atoms with Crippen LogP contribution in [-0.2, 0) is 9.59 Å². The number of alkyl halides is 2. The van der Waals surface area contributed by atoms with Crippen LogP contribution in [0.1, 0.15) is 20.8 Å². The first-order chi connectivity index (χ1) is 9.36. The van der Waals surface area contributed by atoms with Crippen LogP contribution in [0.3, 0.4) is 0 Å². The van der Waals surface area contributed by atoms with Crippen molar-refractivity contribution < 1.29 is 18.4 Å². The maximum atomic E-state index is 13.4. The number of halogens is 2. The fraction of sp³-hybridized carbons (Fsp3) is 0.846. The number of hydrogen-bond donors (Lipinski definition) is 0. The Morgan fingerprint density at radius 3 is 2.35 bits per heavy atom. The summed E-state index contributed by atoms with van der Waals surface area (Å²) in [4.78, 5) is 27.5. The molecule has 2 fully saturated rings. The van der Waals surface area contributed by atoms with Crippen molar-refractivity contribution in [1.29, 1.82) is 0 Å². The number of hydrogen-bond acceptors (Lipinski definition) is 3. The molecule has 2 amide bonds. The molecule has 0 bridgehead atoms. The van der Waals surface area contributed by atoms with Crippen molar-refractivity contribution in [3.05, 3.63) is 0 Å². The fourth-order valence-corrected chi connectivity index (χ4v) is 3.80. The number of likely N-dealkylation sites (N-methyl/N-ethyl adjacent to an activating group) is 1. The van der Waals surface area contributed by atoms with Gasteiger partial charge in [-0.1, -0.05) is 6.92 Å². The van der Waals surface area contributed by atoms with Crippen molar-refractivity contribution in [2.75, 3.05) is 24.7 Å². The molecule has 0 radical (unpaired) electrons. The zero-order valence-corrected chi connectivity index (χ0v) is 12.8. The van der Waals surface area contributed by atoms with E-state index >= 15 is 0 Å². The summed E-state index contributed by atoms with van der Waals surface area (Å²) < 4.78 is 26.7. The molecule has 2 aliphatic rings. The summed E-state index contributed by atoms with van der Waals surface area (Å²) in [5.74, 6) is -4.95. The van der Waals surface area contributed by atoms with Crippen LogP contribution < -0.4 is 0 Å². The Bertz CT molecular complexity index is 415. The molecule has 1 saturated heterocycles. The maximum absolute atomic E-state index is 13.4. The molecule has 0 unspecified atom stereocenters. The quantitative estimate of drug-likeness (QED) is 0.793. The van der Waals surface area contributed by atoms with Crippen LogP contribution in [0.25, 0.3) is 0 Å². The highest BCUT2D eigenvalue weighted by Gasteiger charge is 2.70. The third-order valence-corrected chi connectivity index (χ3v) is 5.22. The van der Waals surface area contributed by atoms with Crippen LogP contribution in [0, 0.1) is 11.8 Å². The predicted octanol–water partition coefficient (Wildman–Crippen LogP) is 1.66. The molecule has 2 rings (SSSR count). The van der Waals surface area contributed by atoms with Crippen molar-refractivity contribution in [1.82, 2.24) is 9.80 Å². The van der Waals surface area contributed by atoms with E-state index in [1.165, 1.54) is 23.6 Å². The summed E-state index contributed by atoms with van der Waals surface area (Å²) in [7, 11) is 0. The second kappa shape index (κ2) is 5.50. The largest absolute Gasteiger partial charge is 0.341 e. The van der Waals surface area contributed by atoms with Gasteiger partial charge in [0.25, 0.3) is 5.92 Å². The third kappa shape index (κ3) is 2.40. The van der Waals surface area contributed by atoms with Gasteiger partial charge in [0, 0.05) is 24.8 Å². The summed E-state index contributed by atoms with van der Waals surface area (Å²) in [6.07, 6.45) is 0. The number of rotatable bonds is 4. The minimum absolute atomic E-state index is 0.134. The first-order valence-corrected chi connectivity index (χ1v) is 8.06. The average molecular weight is 306 g/mol. The molecule has 114 valence electrons. The number of amides is 2. The lowest BCUT2D eigenvalue weighted by Crippen LogP contribution is -2.49. The van der Waals surface area contributed by atoms with Crippen molar-refractivity contribution >= 4 is 23.6 Å². The highest BCUT2D eigenvalue weighted by Crippen LogP contribution is 2.56. The molecule has 0 aromatic rings. The Morgan fingerprint density at radius 1 is 1.35 bits per heavy atom. The second-order valence-corrected chi connectivity index (χ2v) is 6.27. The molecule has 3 atom stereocenters. The molecule has 1 saturated carbocycles. The van der Waals surface area contributed by atoms with Gasteiger partial charge in [-0.15, -0.1) is 11.8 Å². The van der Waals surface area contributed by atoms with E-state index in [1.54, 1.807) is 4.90 Å². The summed E-state index contributed by atoms with van der Waals surface area (Å²) in [5, 5.41) is 0. The minimum atomic E-state index is -2.91. The van der Waals surface area contributed by atoms with E-state index in [0.29, 0.717) is 24.7 Å². The van der Waals surface area contributed by atoms with Crippen LogP contribution in [0.15, 0.2) is 0 Å². The van der Waals surface area contributed by atoms with E-state index in [4.69, 9.17) is 0 Å². The maximum Gasteiger partial charge on any atom is 0.263 e. The summed E-state index contributed by atoms with van der Waals surface area (Å²) in [6.45, 7) is 6.25. The van der Waals surface area contributed by atoms with Gasteiger partial charge in [0.2, 0.25) is 11.8 Å². The molecule has 1 aliphatic heterocycles. The topological polar surface area (TPSA) is 40.6 Å². The Balaban J connectivity index is 2.08. The van der Waals surface area contributed by atoms with E-state index in [9.17, 15) is 18.4 Å². The van der Waals surface area contributed by atoms with Crippen molar-refractivity contribution in [3.63, 3.8) is 0 Å². The lowest BCUT2D eigenvalue weighted by molar-refractivity contribution is -0.145. The lowest BCUT2D eigenvalue weighted by Gasteiger charge is -2.28. The Morgan fingerprint density at radius 2 is 1.90 bits per heavy atom. The molecule has 1 aliphatic carbocycles. The van der Waals surface area contributed by atoms with Crippen molar-refractivity contribution in [2.45, 2.75) is 32.7 Å². The number of carbonyl (C=O) groups excluding carboxylic acids is 2. The molecule has 20 heavy (non-hydrogen) atoms. The fourth-order valence-electron chi connectivity index (χ4n) is 2.65. The molecule has 0 spiro atoms. The zero-order valence-electron chi connectivity index (χ0n) is 11.9.